The molecule has 0 unspecified atom stereocenters. The van der Waals surface area contributed by atoms with Crippen molar-refractivity contribution in [2.24, 2.45) is 7.05 Å². The summed E-state index contributed by atoms with van der Waals surface area (Å²) in [5, 5.41) is 12.0. The average Bonchev–Trinajstić information content (AvgIpc) is 3.34. The van der Waals surface area contributed by atoms with Crippen LogP contribution < -0.4 is 10.1 Å². The standard InChI is InChI=1S/C18H16N6O2S2/c1-24-17(11-6-8-12(26-2)9-7-11)20-21-18(24)27-10-15(25)19-13-4-3-5-14-16(13)23-28-22-14/h3-9H,10H2,1-2H3,(H,19,25). The largest absolute Gasteiger partial charge is 0.497 e. The van der Waals surface area contributed by atoms with E-state index < -0.39 is 0 Å². The molecule has 4 aromatic rings. The third-order valence-electron chi connectivity index (χ3n) is 4.08. The maximum Gasteiger partial charge on any atom is 0.234 e. The summed E-state index contributed by atoms with van der Waals surface area (Å²) >= 11 is 2.45. The lowest BCUT2D eigenvalue weighted by molar-refractivity contribution is -0.113. The van der Waals surface area contributed by atoms with Crippen molar-refractivity contribution in [3.05, 3.63) is 42.5 Å². The Morgan fingerprint density at radius 2 is 2.00 bits per heavy atom. The summed E-state index contributed by atoms with van der Waals surface area (Å²) in [6, 6.07) is 13.1. The van der Waals surface area contributed by atoms with Gasteiger partial charge in [0.25, 0.3) is 0 Å². The van der Waals surface area contributed by atoms with E-state index in [4.69, 9.17) is 4.74 Å². The van der Waals surface area contributed by atoms with E-state index in [1.807, 2.05) is 54.1 Å². The van der Waals surface area contributed by atoms with Gasteiger partial charge in [0, 0.05) is 12.6 Å². The molecule has 0 saturated carbocycles. The second-order valence-corrected chi connectivity index (χ2v) is 7.34. The van der Waals surface area contributed by atoms with E-state index in [0.29, 0.717) is 16.4 Å². The van der Waals surface area contributed by atoms with Gasteiger partial charge in [-0.25, -0.2) is 0 Å². The molecule has 0 aliphatic heterocycles. The molecule has 2 aromatic heterocycles. The van der Waals surface area contributed by atoms with E-state index in [1.165, 1.54) is 11.8 Å². The summed E-state index contributed by atoms with van der Waals surface area (Å²) in [7, 11) is 3.50. The number of thioether (sulfide) groups is 1. The van der Waals surface area contributed by atoms with E-state index in [2.05, 4.69) is 24.3 Å². The number of benzene rings is 2. The highest BCUT2D eigenvalue weighted by molar-refractivity contribution is 7.99. The summed E-state index contributed by atoms with van der Waals surface area (Å²) < 4.78 is 15.4. The first kappa shape index (κ1) is 18.4. The predicted molar refractivity (Wildman–Crippen MR) is 110 cm³/mol. The van der Waals surface area contributed by atoms with E-state index in [1.54, 1.807) is 7.11 Å². The van der Waals surface area contributed by atoms with Gasteiger partial charge in [-0.3, -0.25) is 4.79 Å². The van der Waals surface area contributed by atoms with Crippen molar-refractivity contribution in [2.75, 3.05) is 18.2 Å². The van der Waals surface area contributed by atoms with E-state index in [-0.39, 0.29) is 11.7 Å². The van der Waals surface area contributed by atoms with Gasteiger partial charge in [-0.1, -0.05) is 17.8 Å². The number of ether oxygens (including phenoxy) is 1. The third-order valence-corrected chi connectivity index (χ3v) is 5.64. The van der Waals surface area contributed by atoms with Gasteiger partial charge in [-0.15, -0.1) is 10.2 Å². The van der Waals surface area contributed by atoms with Crippen LogP contribution in [0.25, 0.3) is 22.4 Å². The molecular formula is C18H16N6O2S2. The Labute approximate surface area is 169 Å². The Morgan fingerprint density at radius 3 is 2.79 bits per heavy atom. The number of methoxy groups -OCH3 is 1. The van der Waals surface area contributed by atoms with Crippen LogP contribution in [0.2, 0.25) is 0 Å². The number of aromatic nitrogens is 5. The van der Waals surface area contributed by atoms with Crippen molar-refractivity contribution in [1.82, 2.24) is 23.5 Å². The van der Waals surface area contributed by atoms with Crippen LogP contribution in [0.4, 0.5) is 5.69 Å². The quantitative estimate of drug-likeness (QED) is 0.486. The van der Waals surface area contributed by atoms with Crippen LogP contribution in [0.1, 0.15) is 0 Å². The minimum absolute atomic E-state index is 0.139. The van der Waals surface area contributed by atoms with Gasteiger partial charge in [-0.2, -0.15) is 8.75 Å². The topological polar surface area (TPSA) is 94.8 Å². The second-order valence-electron chi connectivity index (χ2n) is 5.87. The zero-order valence-corrected chi connectivity index (χ0v) is 16.8. The molecule has 1 amide bonds. The maximum absolute atomic E-state index is 12.4. The molecule has 0 spiro atoms. The molecule has 0 radical (unpaired) electrons. The molecule has 0 bridgehead atoms. The molecule has 8 nitrogen and oxygen atoms in total. The van der Waals surface area contributed by atoms with E-state index >= 15 is 0 Å². The normalized spacial score (nSPS) is 10.9. The number of rotatable bonds is 6. The van der Waals surface area contributed by atoms with Gasteiger partial charge < -0.3 is 14.6 Å². The Bertz CT molecular complexity index is 1120. The lowest BCUT2D eigenvalue weighted by Gasteiger charge is -2.06. The van der Waals surface area contributed by atoms with Crippen molar-refractivity contribution in [1.29, 1.82) is 0 Å². The van der Waals surface area contributed by atoms with Gasteiger partial charge in [0.1, 0.15) is 16.8 Å². The van der Waals surface area contributed by atoms with Crippen molar-refractivity contribution < 1.29 is 9.53 Å². The Morgan fingerprint density at radius 1 is 1.18 bits per heavy atom. The average molecular weight is 413 g/mol. The van der Waals surface area contributed by atoms with Gasteiger partial charge in [0.2, 0.25) is 5.91 Å². The maximum atomic E-state index is 12.4. The number of carbonyl (C=O) groups is 1. The first-order valence-corrected chi connectivity index (χ1v) is 10.0. The first-order valence-electron chi connectivity index (χ1n) is 8.33. The highest BCUT2D eigenvalue weighted by Crippen LogP contribution is 2.25. The fourth-order valence-corrected chi connectivity index (χ4v) is 3.92. The molecule has 28 heavy (non-hydrogen) atoms. The summed E-state index contributed by atoms with van der Waals surface area (Å²) in [4.78, 5) is 12.4. The number of anilines is 1. The molecule has 0 fully saturated rings. The molecule has 0 saturated heterocycles. The van der Waals surface area contributed by atoms with Crippen molar-refractivity contribution in [2.45, 2.75) is 5.16 Å². The fourth-order valence-electron chi connectivity index (χ4n) is 2.66. The number of amides is 1. The van der Waals surface area contributed by atoms with E-state index in [9.17, 15) is 4.79 Å². The van der Waals surface area contributed by atoms with Crippen molar-refractivity contribution in [3.63, 3.8) is 0 Å². The van der Waals surface area contributed by atoms with Crippen molar-refractivity contribution >= 4 is 46.1 Å². The van der Waals surface area contributed by atoms with Crippen molar-refractivity contribution in [3.8, 4) is 17.1 Å². The molecule has 1 N–H and O–H groups in total. The zero-order valence-electron chi connectivity index (χ0n) is 15.1. The Kier molecular flexibility index (Phi) is 5.22. The molecule has 2 aromatic carbocycles. The Hall–Kier alpha value is -2.98. The lowest BCUT2D eigenvalue weighted by Crippen LogP contribution is -2.14. The van der Waals surface area contributed by atoms with E-state index in [0.717, 1.165) is 34.4 Å². The SMILES string of the molecule is COc1ccc(-c2nnc(SCC(=O)Nc3cccc4nsnc34)n2C)cc1. The number of nitrogens with zero attached hydrogens (tertiary/aromatic N) is 5. The summed E-state index contributed by atoms with van der Waals surface area (Å²) in [6.07, 6.45) is 0. The minimum Gasteiger partial charge on any atom is -0.497 e. The fraction of sp³-hybridized carbons (Fsp3) is 0.167. The summed E-state index contributed by atoms with van der Waals surface area (Å²) in [5.41, 5.74) is 3.06. The number of carbonyl (C=O) groups excluding carboxylic acids is 1. The van der Waals surface area contributed by atoms with Crippen LogP contribution in [0.3, 0.4) is 0 Å². The van der Waals surface area contributed by atoms with Crippen LogP contribution in [-0.2, 0) is 11.8 Å². The highest BCUT2D eigenvalue weighted by Gasteiger charge is 2.14. The molecular weight excluding hydrogens is 396 g/mol. The number of nitrogens with one attached hydrogen (secondary N) is 1. The number of fused-ring (bicyclic) bond motifs is 1. The molecule has 0 aliphatic rings. The Balaban J connectivity index is 1.43. The molecule has 2 heterocycles. The van der Waals surface area contributed by atoms with Crippen LogP contribution in [0, 0.1) is 0 Å². The molecule has 4 rings (SSSR count). The summed E-state index contributed by atoms with van der Waals surface area (Å²) in [6.45, 7) is 0. The second kappa shape index (κ2) is 7.95. The molecule has 10 heteroatoms. The van der Waals surface area contributed by atoms with Gasteiger partial charge >= 0.3 is 0 Å². The lowest BCUT2D eigenvalue weighted by atomic mass is 10.2. The van der Waals surface area contributed by atoms with Crippen LogP contribution >= 0.6 is 23.5 Å². The van der Waals surface area contributed by atoms with Gasteiger partial charge in [0.15, 0.2) is 11.0 Å². The molecule has 0 aliphatic carbocycles. The smallest absolute Gasteiger partial charge is 0.234 e. The molecule has 142 valence electrons. The highest BCUT2D eigenvalue weighted by atomic mass is 32.2. The monoisotopic (exact) mass is 412 g/mol. The number of hydrogen-bond donors (Lipinski definition) is 1. The minimum atomic E-state index is -0.139. The predicted octanol–water partition coefficient (Wildman–Crippen LogP) is 3.23. The summed E-state index contributed by atoms with van der Waals surface area (Å²) in [5.74, 6) is 1.58. The third kappa shape index (κ3) is 3.69. The van der Waals surface area contributed by atoms with Crippen LogP contribution in [-0.4, -0.2) is 42.3 Å². The zero-order chi connectivity index (χ0) is 19.5. The van der Waals surface area contributed by atoms with Crippen LogP contribution in [0.5, 0.6) is 5.75 Å². The number of hydrogen-bond acceptors (Lipinski definition) is 8. The first-order chi connectivity index (χ1) is 13.7. The van der Waals surface area contributed by atoms with Gasteiger partial charge in [0.05, 0.1) is 30.3 Å². The molecule has 0 atom stereocenters. The van der Waals surface area contributed by atoms with Crippen LogP contribution in [0.15, 0.2) is 47.6 Å². The van der Waals surface area contributed by atoms with Gasteiger partial charge in [-0.05, 0) is 36.4 Å².